The molecule has 0 rings (SSSR count). The number of hydrogen-bond donors (Lipinski definition) is 7. The first-order valence-electron chi connectivity index (χ1n) is 1.83. The molecule has 0 aromatic carbocycles. The van der Waals surface area contributed by atoms with Crippen molar-refractivity contribution in [3.8, 4) is 0 Å². The van der Waals surface area contributed by atoms with Crippen molar-refractivity contribution in [1.82, 2.24) is 0 Å². The summed E-state index contributed by atoms with van der Waals surface area (Å²) in [5, 5.41) is 43.0. The average molecular weight is 392 g/mol. The van der Waals surface area contributed by atoms with Crippen molar-refractivity contribution in [2.45, 2.75) is 0 Å². The Bertz CT molecular complexity index is 79.3. The third-order valence-electron chi connectivity index (χ3n) is 0.0667. The predicted octanol–water partition coefficient (Wildman–Crippen LogP) is -3.71. The van der Waals surface area contributed by atoms with E-state index < -0.39 is 8.25 Å². The van der Waals surface area contributed by atoms with Gasteiger partial charge in [0.15, 0.2) is 0 Å². The van der Waals surface area contributed by atoms with Crippen molar-refractivity contribution in [3.63, 3.8) is 0 Å². The maximum absolute atomic E-state index is 8.93. The van der Waals surface area contributed by atoms with Gasteiger partial charge < -0.3 is 29.7 Å². The number of hydrogen-bond acceptors (Lipinski definition) is 16. The molecule has 22 heavy (non-hydrogen) atoms. The molecule has 0 heterocycles. The van der Waals surface area contributed by atoms with E-state index in [0.29, 0.717) is 0 Å². The van der Waals surface area contributed by atoms with Gasteiger partial charge in [0.2, 0.25) is 0 Å². The zero-order valence-electron chi connectivity index (χ0n) is 12.0. The van der Waals surface area contributed by atoms with Gasteiger partial charge in [-0.05, 0) is 4.57 Å². The minimum atomic E-state index is -3.04. The largest absolute Gasteiger partial charge is 2.00 e. The van der Waals surface area contributed by atoms with Gasteiger partial charge in [0.1, 0.15) is 0 Å². The Labute approximate surface area is 137 Å². The first kappa shape index (κ1) is 103. The van der Waals surface area contributed by atoms with Crippen molar-refractivity contribution in [2.24, 2.45) is 0 Å². The molecule has 0 amide bonds. The minimum Gasteiger partial charge on any atom is -1.00 e. The van der Waals surface area contributed by atoms with Gasteiger partial charge in [-0.2, -0.15) is 0 Å². The molecular weight excluding hydrogens is 375 g/mol. The molecule has 1 atom stereocenters. The molecule has 15 N–H and O–H groups in total. The van der Waals surface area contributed by atoms with Crippen LogP contribution in [0.2, 0.25) is 0 Å². The molecule has 0 aliphatic rings. The molecule has 0 saturated heterocycles. The van der Waals surface area contributed by atoms with Gasteiger partial charge in [0, 0.05) is 34.5 Å². The van der Waals surface area contributed by atoms with Gasteiger partial charge >= 0.3 is 31.3 Å². The Morgan fingerprint density at radius 1 is 0.682 bits per heavy atom. The van der Waals surface area contributed by atoms with E-state index in [-0.39, 0.29) is 47.8 Å². The molecule has 1 unspecified atom stereocenters. The topological polar surface area (TPSA) is 419 Å². The van der Waals surface area contributed by atoms with Crippen LogP contribution in [0.5, 0.6) is 0 Å². The van der Waals surface area contributed by atoms with Gasteiger partial charge in [-0.25, -0.2) is 5.26 Å². The monoisotopic (exact) mass is 392 g/mol. The molecule has 0 aliphatic heterocycles. The number of rotatable bonds is 1. The molecular formula is H17MgO20P. The first-order chi connectivity index (χ1) is 8.27. The van der Waals surface area contributed by atoms with Crippen LogP contribution in [0.1, 0.15) is 2.85 Å². The first-order valence-corrected chi connectivity index (χ1v) is 2.93. The van der Waals surface area contributed by atoms with E-state index in [1.54, 1.807) is 0 Å². The third kappa shape index (κ3) is 4800. The van der Waals surface area contributed by atoms with Crippen LogP contribution in [0.15, 0.2) is 0 Å². The van der Waals surface area contributed by atoms with Crippen LogP contribution in [-0.2, 0) is 9.24 Å². The third-order valence-corrected chi connectivity index (χ3v) is 0.200. The van der Waals surface area contributed by atoms with Crippen molar-refractivity contribution in [2.75, 3.05) is 0 Å². The fourth-order valence-electron chi connectivity index (χ4n) is 0. The van der Waals surface area contributed by atoms with Crippen molar-refractivity contribution >= 4 is 31.3 Å². The summed E-state index contributed by atoms with van der Waals surface area (Å²) in [6, 6.07) is 0. The Kier molecular flexibility index (Phi) is 3480. The van der Waals surface area contributed by atoms with Gasteiger partial charge in [-0.3, -0.25) is 31.5 Å². The van der Waals surface area contributed by atoms with E-state index in [4.69, 9.17) is 76.0 Å². The van der Waals surface area contributed by atoms with Crippen LogP contribution in [-0.4, -0.2) is 81.8 Å². The maximum atomic E-state index is 8.93. The van der Waals surface area contributed by atoms with Crippen molar-refractivity contribution < 1.29 is 75.7 Å². The van der Waals surface area contributed by atoms with Gasteiger partial charge in [0.25, 0.3) is 0 Å². The van der Waals surface area contributed by atoms with E-state index >= 15 is 0 Å². The van der Waals surface area contributed by atoms with Crippen molar-refractivity contribution in [3.05, 3.63) is 29.8 Å². The standard InChI is InChI=1S/Mg.HO4P.3H2O2.3O2.4H2O.2H/c;1-4-5(2)3;6*1-2;;;;;;/h;1H;3*1-2H;;;;4*1H2;;/q+2;;;;;;;;;;;;2*-1. The summed E-state index contributed by atoms with van der Waals surface area (Å²) >= 11 is 0. The molecule has 0 aliphatic carbocycles. The Morgan fingerprint density at radius 3 is 0.727 bits per heavy atom. The quantitative estimate of drug-likeness (QED) is 0.0974. The SMILES string of the molecule is O.O.O.O.O=O.O=O.O=O.O=[P+]([O-])OO.OO.OO.OO.[H-].[H-].[Mg+2]. The molecule has 20 nitrogen and oxygen atoms in total. The summed E-state index contributed by atoms with van der Waals surface area (Å²) in [5.41, 5.74) is 0. The average Bonchev–Trinajstić information content (AvgIpc) is 2.51. The fraction of sp³-hybridized carbons (Fsp3) is 0. The van der Waals surface area contributed by atoms with Crippen LogP contribution in [0.25, 0.3) is 0 Å². The summed E-state index contributed by atoms with van der Waals surface area (Å²) in [7, 11) is -3.04. The van der Waals surface area contributed by atoms with E-state index in [1.165, 1.54) is 0 Å². The second-order valence-electron chi connectivity index (χ2n) is 0.305. The fourth-order valence-corrected chi connectivity index (χ4v) is 0. The van der Waals surface area contributed by atoms with Crippen LogP contribution < -0.4 is 4.89 Å². The van der Waals surface area contributed by atoms with Crippen molar-refractivity contribution in [1.29, 1.82) is 0 Å². The molecule has 0 aromatic rings. The smallest absolute Gasteiger partial charge is 1.00 e. The van der Waals surface area contributed by atoms with Crippen LogP contribution in [0, 0.1) is 29.8 Å². The Morgan fingerprint density at radius 2 is 0.727 bits per heavy atom. The van der Waals surface area contributed by atoms with E-state index in [2.05, 4.69) is 4.67 Å². The van der Waals surface area contributed by atoms with Gasteiger partial charge in [-0.15, -0.1) is 0 Å². The molecule has 0 aromatic heterocycles. The maximum Gasteiger partial charge on any atom is 2.00 e. The Hall–Kier alpha value is -0.854. The summed E-state index contributed by atoms with van der Waals surface area (Å²) < 4.78 is 11.6. The zero-order valence-corrected chi connectivity index (χ0v) is 12.3. The Balaban J connectivity index is -0.00000000403. The molecule has 22 heteroatoms. The predicted molar refractivity (Wildman–Crippen MR) is 69.7 cm³/mol. The molecule has 0 fully saturated rings. The molecule has 0 saturated carbocycles. The van der Waals surface area contributed by atoms with E-state index in [9.17, 15) is 0 Å². The summed E-state index contributed by atoms with van der Waals surface area (Å²) in [5.74, 6) is 0. The summed E-state index contributed by atoms with van der Waals surface area (Å²) in [6.07, 6.45) is 0. The second-order valence-corrected chi connectivity index (χ2v) is 0.916. The van der Waals surface area contributed by atoms with Gasteiger partial charge in [0.05, 0.1) is 0 Å². The molecule has 0 bridgehead atoms. The van der Waals surface area contributed by atoms with Crippen LogP contribution in [0.3, 0.4) is 0 Å². The molecule has 0 spiro atoms. The van der Waals surface area contributed by atoms with E-state index in [0.717, 1.165) is 0 Å². The zero-order chi connectivity index (χ0) is 16.3. The summed E-state index contributed by atoms with van der Waals surface area (Å²) in [4.78, 5) is 50.9. The molecule has 144 valence electrons. The molecule has 0 radical (unpaired) electrons. The van der Waals surface area contributed by atoms with Gasteiger partial charge in [-0.1, -0.05) is 0 Å². The normalized spacial score (nSPS) is 3.91. The summed E-state index contributed by atoms with van der Waals surface area (Å²) in [6.45, 7) is 0. The van der Waals surface area contributed by atoms with Crippen LogP contribution in [0.4, 0.5) is 0 Å². The second kappa shape index (κ2) is 746. The van der Waals surface area contributed by atoms with E-state index in [1.807, 2.05) is 0 Å². The minimum absolute atomic E-state index is 0. The van der Waals surface area contributed by atoms with Crippen LogP contribution >= 0.6 is 8.25 Å².